The lowest BCUT2D eigenvalue weighted by atomic mass is 9.83. The second-order valence-corrected chi connectivity index (χ2v) is 20.0. The Bertz CT molecular complexity index is 4000. The van der Waals surface area contributed by atoms with Crippen molar-refractivity contribution in [2.24, 2.45) is 0 Å². The van der Waals surface area contributed by atoms with Crippen LogP contribution in [-0.2, 0) is 0 Å². The molecule has 0 amide bonds. The van der Waals surface area contributed by atoms with Gasteiger partial charge in [0.1, 0.15) is 0 Å². The third kappa shape index (κ3) is 7.84. The Labute approximate surface area is 433 Å². The number of aryl methyl sites for hydroxylation is 4. The number of anilines is 6. The molecule has 0 aliphatic carbocycles. The van der Waals surface area contributed by atoms with Crippen LogP contribution in [0.15, 0.2) is 231 Å². The summed E-state index contributed by atoms with van der Waals surface area (Å²) < 4.78 is 0. The topological polar surface area (TPSA) is 6.48 Å². The van der Waals surface area contributed by atoms with Gasteiger partial charge in [0.05, 0.1) is 11.4 Å². The summed E-state index contributed by atoms with van der Waals surface area (Å²) in [6, 6.07) is 85.6. The normalized spacial score (nSPS) is 11.9. The summed E-state index contributed by atoms with van der Waals surface area (Å²) in [7, 11) is 0. The van der Waals surface area contributed by atoms with Crippen molar-refractivity contribution in [3.8, 4) is 0 Å². The smallest absolute Gasteiger partial charge is 0.0619 e. The van der Waals surface area contributed by atoms with Gasteiger partial charge < -0.3 is 9.80 Å². The quantitative estimate of drug-likeness (QED) is 0.0766. The lowest BCUT2D eigenvalue weighted by Crippen LogP contribution is -2.12. The molecular formula is C72H54N2. The van der Waals surface area contributed by atoms with Crippen LogP contribution in [-0.4, -0.2) is 0 Å². The highest BCUT2D eigenvalue weighted by Crippen LogP contribution is 2.54. The molecule has 0 aliphatic heterocycles. The fourth-order valence-electron chi connectivity index (χ4n) is 11.3. The Morgan fingerprint density at radius 1 is 0.216 bits per heavy atom. The first-order valence-electron chi connectivity index (χ1n) is 25.7. The van der Waals surface area contributed by atoms with E-state index in [9.17, 15) is 0 Å². The standard InChI is InChI=1S/C72H54N2/c1-47-19-27-51(28-20-47)31-33-53-35-43-57(44-36-53)73(55-39-23-49(3)24-40-55)71-61-13-7-5-11-59(61)67-64-16-10-18-66-70(64)68(63-15-9-17-65(71)69(63)67)60-12-6-8-14-62(60)72(66)74(56-41-25-50(4)26-42-56)58-45-37-54(38-46-58)34-32-52-29-21-48(2)22-30-52/h5-46H,1-4H3/b33-31+,34-32+. The number of rotatable bonds is 10. The average molecular weight is 947 g/mol. The van der Waals surface area contributed by atoms with Crippen molar-refractivity contribution in [1.82, 2.24) is 0 Å². The van der Waals surface area contributed by atoms with E-state index in [1.165, 1.54) is 109 Å². The molecule has 0 atom stereocenters. The maximum absolute atomic E-state index is 2.48. The van der Waals surface area contributed by atoms with Gasteiger partial charge in [-0.3, -0.25) is 0 Å². The lowest BCUT2D eigenvalue weighted by Gasteiger charge is -2.31. The molecule has 0 aromatic heterocycles. The molecule has 13 aromatic carbocycles. The van der Waals surface area contributed by atoms with Gasteiger partial charge in [-0.15, -0.1) is 0 Å². The summed E-state index contributed by atoms with van der Waals surface area (Å²) >= 11 is 0. The summed E-state index contributed by atoms with van der Waals surface area (Å²) in [6.45, 7) is 8.59. The van der Waals surface area contributed by atoms with Gasteiger partial charge in [0.2, 0.25) is 0 Å². The van der Waals surface area contributed by atoms with Gasteiger partial charge in [0, 0.05) is 55.1 Å². The Morgan fingerprint density at radius 3 is 0.770 bits per heavy atom. The molecule has 0 bridgehead atoms. The van der Waals surface area contributed by atoms with Crippen LogP contribution in [0.2, 0.25) is 0 Å². The summed E-state index contributed by atoms with van der Waals surface area (Å²) in [6.07, 6.45) is 8.80. The monoisotopic (exact) mass is 946 g/mol. The van der Waals surface area contributed by atoms with Gasteiger partial charge in [-0.25, -0.2) is 0 Å². The molecule has 2 heteroatoms. The van der Waals surface area contributed by atoms with Crippen molar-refractivity contribution in [3.63, 3.8) is 0 Å². The maximum Gasteiger partial charge on any atom is 0.0619 e. The fourth-order valence-corrected chi connectivity index (χ4v) is 11.3. The van der Waals surface area contributed by atoms with Gasteiger partial charge in [-0.05, 0) is 131 Å². The van der Waals surface area contributed by atoms with Crippen molar-refractivity contribution in [2.45, 2.75) is 27.7 Å². The summed E-state index contributed by atoms with van der Waals surface area (Å²) in [5.74, 6) is 0. The van der Waals surface area contributed by atoms with Crippen LogP contribution >= 0.6 is 0 Å². The molecule has 0 saturated carbocycles. The molecule has 0 heterocycles. The average Bonchev–Trinajstić information content (AvgIpc) is 3.46. The van der Waals surface area contributed by atoms with Crippen LogP contribution in [0.4, 0.5) is 34.1 Å². The molecule has 74 heavy (non-hydrogen) atoms. The van der Waals surface area contributed by atoms with Crippen molar-refractivity contribution < 1.29 is 0 Å². The Hall–Kier alpha value is -9.24. The molecule has 13 aromatic rings. The molecule has 0 aliphatic rings. The zero-order chi connectivity index (χ0) is 49.9. The Kier molecular flexibility index (Phi) is 11.1. The van der Waals surface area contributed by atoms with Crippen molar-refractivity contribution in [2.75, 3.05) is 9.80 Å². The van der Waals surface area contributed by atoms with E-state index in [0.29, 0.717) is 0 Å². The SMILES string of the molecule is Cc1ccc(/C=C/c2ccc(N(c3ccc(C)cc3)c3c4ccccc4c4c5cccc6c(N(c7ccc(C)cc7)c7ccc(/C=C/c8ccc(C)cc8)cc7)c7ccccc7c(c7cccc3c74)c65)cc2)cc1. The van der Waals surface area contributed by atoms with E-state index in [1.54, 1.807) is 0 Å². The molecule has 0 unspecified atom stereocenters. The van der Waals surface area contributed by atoms with E-state index in [-0.39, 0.29) is 0 Å². The highest BCUT2D eigenvalue weighted by atomic mass is 15.2. The largest absolute Gasteiger partial charge is 0.309 e. The van der Waals surface area contributed by atoms with Crippen LogP contribution in [0.1, 0.15) is 44.5 Å². The van der Waals surface area contributed by atoms with Gasteiger partial charge >= 0.3 is 0 Å². The number of hydrogen-bond donors (Lipinski definition) is 0. The second kappa shape index (κ2) is 18.4. The zero-order valence-corrected chi connectivity index (χ0v) is 42.1. The van der Waals surface area contributed by atoms with Gasteiger partial charge in [0.25, 0.3) is 0 Å². The second-order valence-electron chi connectivity index (χ2n) is 20.0. The number of fused-ring (bicyclic) bond motifs is 6. The predicted molar refractivity (Wildman–Crippen MR) is 322 cm³/mol. The summed E-state index contributed by atoms with van der Waals surface area (Å²) in [5.41, 5.74) is 16.5. The molecule has 0 radical (unpaired) electrons. The van der Waals surface area contributed by atoms with Crippen LogP contribution in [0.5, 0.6) is 0 Å². The third-order valence-electron chi connectivity index (χ3n) is 15.0. The fraction of sp³-hybridized carbons (Fsp3) is 0.0556. The number of nitrogens with zero attached hydrogens (tertiary/aromatic N) is 2. The van der Waals surface area contributed by atoms with Crippen LogP contribution < -0.4 is 9.80 Å². The lowest BCUT2D eigenvalue weighted by molar-refractivity contribution is 1.30. The first-order chi connectivity index (χ1) is 36.3. The van der Waals surface area contributed by atoms with Crippen molar-refractivity contribution in [3.05, 3.63) is 275 Å². The molecule has 0 fully saturated rings. The van der Waals surface area contributed by atoms with Crippen LogP contribution in [0, 0.1) is 27.7 Å². The highest BCUT2D eigenvalue weighted by Gasteiger charge is 2.27. The van der Waals surface area contributed by atoms with E-state index < -0.39 is 0 Å². The number of hydrogen-bond acceptors (Lipinski definition) is 2. The first kappa shape index (κ1) is 44.7. The molecule has 2 nitrogen and oxygen atoms in total. The van der Waals surface area contributed by atoms with Crippen LogP contribution in [0.3, 0.4) is 0 Å². The molecule has 13 rings (SSSR count). The highest BCUT2D eigenvalue weighted by molar-refractivity contribution is 6.45. The van der Waals surface area contributed by atoms with E-state index in [1.807, 2.05) is 0 Å². The van der Waals surface area contributed by atoms with E-state index in [4.69, 9.17) is 0 Å². The van der Waals surface area contributed by atoms with Crippen molar-refractivity contribution >= 4 is 123 Å². The Morgan fingerprint density at radius 2 is 0.446 bits per heavy atom. The van der Waals surface area contributed by atoms with E-state index >= 15 is 0 Å². The summed E-state index contributed by atoms with van der Waals surface area (Å²) in [4.78, 5) is 4.97. The van der Waals surface area contributed by atoms with Gasteiger partial charge in [-0.1, -0.05) is 229 Å². The molecule has 0 N–H and O–H groups in total. The third-order valence-corrected chi connectivity index (χ3v) is 15.0. The van der Waals surface area contributed by atoms with Gasteiger partial charge in [0.15, 0.2) is 0 Å². The Balaban J connectivity index is 1.05. The predicted octanol–water partition coefficient (Wildman–Crippen LogP) is 20.6. The minimum atomic E-state index is 1.10. The first-order valence-corrected chi connectivity index (χ1v) is 25.7. The summed E-state index contributed by atoms with van der Waals surface area (Å²) in [5, 5.41) is 14.9. The van der Waals surface area contributed by atoms with Crippen molar-refractivity contribution in [1.29, 1.82) is 0 Å². The minimum absolute atomic E-state index is 1.10. The molecule has 0 saturated heterocycles. The molecule has 0 spiro atoms. The molecule has 352 valence electrons. The van der Waals surface area contributed by atoms with Gasteiger partial charge in [-0.2, -0.15) is 0 Å². The van der Waals surface area contributed by atoms with E-state index in [2.05, 4.69) is 292 Å². The minimum Gasteiger partial charge on any atom is -0.309 e. The van der Waals surface area contributed by atoms with E-state index in [0.717, 1.165) is 33.9 Å². The zero-order valence-electron chi connectivity index (χ0n) is 42.1. The maximum atomic E-state index is 2.48. The number of benzene rings is 13. The molecular weight excluding hydrogens is 893 g/mol. The van der Waals surface area contributed by atoms with Crippen LogP contribution in [0.25, 0.3) is 88.9 Å².